The van der Waals surface area contributed by atoms with Crippen LogP contribution in [-0.2, 0) is 19.1 Å². The van der Waals surface area contributed by atoms with Gasteiger partial charge in [-0.05, 0) is 56.9 Å². The van der Waals surface area contributed by atoms with Crippen LogP contribution < -0.4 is 10.6 Å². The van der Waals surface area contributed by atoms with Gasteiger partial charge in [0, 0.05) is 5.69 Å². The predicted octanol–water partition coefficient (Wildman–Crippen LogP) is 1.15. The molecule has 1 saturated carbocycles. The van der Waals surface area contributed by atoms with E-state index in [1.807, 2.05) is 6.07 Å². The number of nitriles is 1. The van der Waals surface area contributed by atoms with E-state index in [1.165, 1.54) is 6.92 Å². The molecule has 1 aromatic rings. The lowest BCUT2D eigenvalue weighted by atomic mass is 9.96. The van der Waals surface area contributed by atoms with Crippen LogP contribution in [0, 0.1) is 17.2 Å². The van der Waals surface area contributed by atoms with Gasteiger partial charge in [-0.3, -0.25) is 19.3 Å². The zero-order valence-corrected chi connectivity index (χ0v) is 15.5. The molecule has 0 bridgehead atoms. The van der Waals surface area contributed by atoms with Crippen molar-refractivity contribution < 1.29 is 23.9 Å². The maximum Gasteiger partial charge on any atom is 0.327 e. The van der Waals surface area contributed by atoms with E-state index >= 15 is 0 Å². The maximum atomic E-state index is 12.5. The number of ether oxygens (including phenoxy) is 1. The van der Waals surface area contributed by atoms with Crippen LogP contribution >= 0.6 is 0 Å². The van der Waals surface area contributed by atoms with Crippen molar-refractivity contribution in [2.75, 3.05) is 11.9 Å². The van der Waals surface area contributed by atoms with E-state index in [-0.39, 0.29) is 5.92 Å². The average Bonchev–Trinajstić information content (AvgIpc) is 3.48. The van der Waals surface area contributed by atoms with E-state index in [1.54, 1.807) is 31.2 Å². The smallest absolute Gasteiger partial charge is 0.327 e. The van der Waals surface area contributed by atoms with Crippen LogP contribution in [0.2, 0.25) is 0 Å². The van der Waals surface area contributed by atoms with Gasteiger partial charge in [0.1, 0.15) is 12.1 Å². The minimum absolute atomic E-state index is 0.0853. The number of imide groups is 1. The lowest BCUT2D eigenvalue weighted by Gasteiger charge is -2.21. The first-order valence-corrected chi connectivity index (χ1v) is 8.89. The third-order valence-electron chi connectivity index (χ3n) is 4.94. The fourth-order valence-corrected chi connectivity index (χ4v) is 3.09. The number of urea groups is 1. The number of hydrogen-bond acceptors (Lipinski definition) is 6. The second kappa shape index (κ2) is 7.31. The summed E-state index contributed by atoms with van der Waals surface area (Å²) in [6.45, 7) is 2.49. The Bertz CT molecular complexity index is 871. The molecular weight excluding hydrogens is 364 g/mol. The Morgan fingerprint density at radius 1 is 1.36 bits per heavy atom. The molecule has 9 heteroatoms. The fraction of sp³-hybridized carbons (Fsp3) is 0.421. The zero-order valence-electron chi connectivity index (χ0n) is 15.5. The summed E-state index contributed by atoms with van der Waals surface area (Å²) in [6, 6.07) is 7.52. The molecular formula is C19H20N4O5. The molecule has 4 amide bonds. The first-order valence-electron chi connectivity index (χ1n) is 8.89. The normalized spacial score (nSPS) is 22.2. The molecule has 0 radical (unpaired) electrons. The summed E-state index contributed by atoms with van der Waals surface area (Å²) < 4.78 is 5.05. The van der Waals surface area contributed by atoms with Gasteiger partial charge in [0.15, 0.2) is 6.10 Å². The molecule has 9 nitrogen and oxygen atoms in total. The fourth-order valence-electron chi connectivity index (χ4n) is 3.09. The highest BCUT2D eigenvalue weighted by molar-refractivity contribution is 6.09. The molecule has 1 aliphatic carbocycles. The number of benzene rings is 1. The highest BCUT2D eigenvalue weighted by Crippen LogP contribution is 2.42. The van der Waals surface area contributed by atoms with Crippen LogP contribution in [-0.4, -0.2) is 46.9 Å². The minimum atomic E-state index is -1.13. The van der Waals surface area contributed by atoms with Crippen LogP contribution in [0.5, 0.6) is 0 Å². The van der Waals surface area contributed by atoms with E-state index in [9.17, 15) is 19.2 Å². The Morgan fingerprint density at radius 2 is 2.00 bits per heavy atom. The maximum absolute atomic E-state index is 12.5. The van der Waals surface area contributed by atoms with Crippen LogP contribution in [0.25, 0.3) is 0 Å². The van der Waals surface area contributed by atoms with E-state index in [4.69, 9.17) is 10.00 Å². The monoisotopic (exact) mass is 384 g/mol. The summed E-state index contributed by atoms with van der Waals surface area (Å²) in [7, 11) is 0. The van der Waals surface area contributed by atoms with Crippen molar-refractivity contribution in [2.45, 2.75) is 38.3 Å². The van der Waals surface area contributed by atoms with Crippen molar-refractivity contribution >= 4 is 29.5 Å². The van der Waals surface area contributed by atoms with Crippen molar-refractivity contribution in [2.24, 2.45) is 5.92 Å². The van der Waals surface area contributed by atoms with Crippen LogP contribution in [0.4, 0.5) is 10.5 Å². The molecule has 2 N–H and O–H groups in total. The Hall–Kier alpha value is -3.41. The van der Waals surface area contributed by atoms with Gasteiger partial charge in [0.25, 0.3) is 11.8 Å². The van der Waals surface area contributed by atoms with E-state index < -0.39 is 42.0 Å². The van der Waals surface area contributed by atoms with Crippen LogP contribution in [0.15, 0.2) is 24.3 Å². The number of esters is 1. The number of anilines is 1. The molecule has 1 heterocycles. The van der Waals surface area contributed by atoms with Crippen LogP contribution in [0.3, 0.4) is 0 Å². The van der Waals surface area contributed by atoms with Crippen molar-refractivity contribution in [3.05, 3.63) is 29.8 Å². The summed E-state index contributed by atoms with van der Waals surface area (Å²) in [6.07, 6.45) is 0.583. The Kier molecular flexibility index (Phi) is 5.05. The van der Waals surface area contributed by atoms with Gasteiger partial charge in [0.2, 0.25) is 0 Å². The quantitative estimate of drug-likeness (QED) is 0.559. The highest BCUT2D eigenvalue weighted by atomic mass is 16.5. The molecule has 0 unspecified atom stereocenters. The summed E-state index contributed by atoms with van der Waals surface area (Å²) in [5.41, 5.74) is -0.0823. The Morgan fingerprint density at radius 3 is 2.57 bits per heavy atom. The average molecular weight is 384 g/mol. The molecule has 1 saturated heterocycles. The Labute approximate surface area is 161 Å². The minimum Gasteiger partial charge on any atom is -0.451 e. The molecule has 0 aromatic heterocycles. The van der Waals surface area contributed by atoms with Gasteiger partial charge in [-0.15, -0.1) is 0 Å². The molecule has 0 spiro atoms. The number of carbonyl (C=O) groups is 4. The first kappa shape index (κ1) is 19.4. The molecule has 1 aliphatic heterocycles. The second-order valence-corrected chi connectivity index (χ2v) is 7.11. The Balaban J connectivity index is 1.53. The molecule has 28 heavy (non-hydrogen) atoms. The van der Waals surface area contributed by atoms with Crippen molar-refractivity contribution in [3.8, 4) is 6.07 Å². The molecule has 1 aromatic carbocycles. The third-order valence-corrected chi connectivity index (χ3v) is 4.94. The van der Waals surface area contributed by atoms with Crippen molar-refractivity contribution in [3.63, 3.8) is 0 Å². The van der Waals surface area contributed by atoms with Gasteiger partial charge in [-0.1, -0.05) is 0 Å². The first-order chi connectivity index (χ1) is 13.2. The second-order valence-electron chi connectivity index (χ2n) is 7.11. The van der Waals surface area contributed by atoms with Gasteiger partial charge in [-0.2, -0.15) is 5.26 Å². The highest BCUT2D eigenvalue weighted by Gasteiger charge is 2.56. The number of carbonyl (C=O) groups excluding carboxylic acids is 4. The molecule has 3 rings (SSSR count). The molecule has 146 valence electrons. The summed E-state index contributed by atoms with van der Waals surface area (Å²) in [5.74, 6) is -1.79. The van der Waals surface area contributed by atoms with E-state index in [0.717, 1.165) is 17.7 Å². The van der Waals surface area contributed by atoms with E-state index in [2.05, 4.69) is 10.6 Å². The zero-order chi connectivity index (χ0) is 20.5. The van der Waals surface area contributed by atoms with Crippen LogP contribution in [0.1, 0.15) is 32.3 Å². The third kappa shape index (κ3) is 3.81. The topological polar surface area (TPSA) is 129 Å². The largest absolute Gasteiger partial charge is 0.451 e. The number of rotatable bonds is 6. The van der Waals surface area contributed by atoms with Gasteiger partial charge in [-0.25, -0.2) is 4.79 Å². The predicted molar refractivity (Wildman–Crippen MR) is 96.7 cm³/mol. The number of hydrogen-bond donors (Lipinski definition) is 2. The lowest BCUT2D eigenvalue weighted by Crippen LogP contribution is -2.46. The van der Waals surface area contributed by atoms with E-state index in [0.29, 0.717) is 11.3 Å². The van der Waals surface area contributed by atoms with Gasteiger partial charge < -0.3 is 15.4 Å². The summed E-state index contributed by atoms with van der Waals surface area (Å²) >= 11 is 0. The number of nitrogens with zero attached hydrogens (tertiary/aromatic N) is 2. The summed E-state index contributed by atoms with van der Waals surface area (Å²) in [4.78, 5) is 49.7. The number of nitrogens with one attached hydrogen (secondary N) is 2. The van der Waals surface area contributed by atoms with Gasteiger partial charge >= 0.3 is 12.0 Å². The molecule has 2 fully saturated rings. The lowest BCUT2D eigenvalue weighted by molar-refractivity contribution is -0.155. The van der Waals surface area contributed by atoms with Crippen molar-refractivity contribution in [1.82, 2.24) is 10.2 Å². The van der Waals surface area contributed by atoms with Gasteiger partial charge in [0.05, 0.1) is 11.6 Å². The standard InChI is InChI=1S/C19H20N4O5/c1-11(16(25)21-14-7-3-12(9-20)4-8-14)28-15(24)10-23-17(26)19(2,13-5-6-13)22-18(23)27/h3-4,7-8,11,13H,5-6,10H2,1-2H3,(H,21,25)(H,22,27)/t11-,19-/m1/s1. The molecule has 2 atom stereocenters. The van der Waals surface area contributed by atoms with Crippen molar-refractivity contribution in [1.29, 1.82) is 5.26 Å². The summed E-state index contributed by atoms with van der Waals surface area (Å²) in [5, 5.41) is 14.0. The molecule has 2 aliphatic rings. The number of amides is 4. The SMILES string of the molecule is C[C@@H](OC(=O)CN1C(=O)N[C@](C)(C2CC2)C1=O)C(=O)Nc1ccc(C#N)cc1.